The van der Waals surface area contributed by atoms with Gasteiger partial charge in [-0.05, 0) is 34.7 Å². The van der Waals surface area contributed by atoms with Gasteiger partial charge in [-0.15, -0.1) is 0 Å². The predicted molar refractivity (Wildman–Crippen MR) is 80.4 cm³/mol. The summed E-state index contributed by atoms with van der Waals surface area (Å²) in [5.41, 5.74) is 0.550. The van der Waals surface area contributed by atoms with E-state index in [4.69, 9.17) is 0 Å². The predicted octanol–water partition coefficient (Wildman–Crippen LogP) is 1.83. The van der Waals surface area contributed by atoms with Crippen LogP contribution in [0.25, 0.3) is 0 Å². The maximum Gasteiger partial charge on any atom is 0.306 e. The van der Waals surface area contributed by atoms with Crippen molar-refractivity contribution in [2.24, 2.45) is 0 Å². The summed E-state index contributed by atoms with van der Waals surface area (Å²) in [4.78, 5) is 21.9. The number of nitrogens with one attached hydrogen (secondary N) is 1. The van der Waals surface area contributed by atoms with Crippen LogP contribution >= 0.6 is 22.6 Å². The van der Waals surface area contributed by atoms with Crippen LogP contribution in [0, 0.1) is 13.7 Å². The summed E-state index contributed by atoms with van der Waals surface area (Å²) < 4.78 is 2.30. The van der Waals surface area contributed by atoms with Crippen molar-refractivity contribution in [2.75, 3.05) is 6.54 Å². The summed E-state index contributed by atoms with van der Waals surface area (Å²) in [5, 5.41) is 17.1. The number of amides is 1. The van der Waals surface area contributed by atoms with Crippen molar-refractivity contribution >= 4 is 34.2 Å². The molecule has 104 valence electrons. The Hall–Kier alpha value is -1.97. The normalized spacial score (nSPS) is 10.2. The molecule has 0 saturated carbocycles. The van der Waals surface area contributed by atoms with Gasteiger partial charge in [-0.2, -0.15) is 5.10 Å². The molecule has 0 aliphatic rings. The molecule has 0 unspecified atom stereocenters. The zero-order valence-electron chi connectivity index (χ0n) is 10.3. The molecule has 0 aliphatic heterocycles. The standard InChI is InChI=1S/C12H11IN4O3/c13-11-4-2-1-3-10(11)12(18)14-5-6-16-8-9(7-15-16)17(19)20/h1-4,7-8H,5-6H2,(H,14,18). The Bertz CT molecular complexity index is 641. The number of carbonyl (C=O) groups excluding carboxylic acids is 1. The Morgan fingerprint density at radius 3 is 2.85 bits per heavy atom. The van der Waals surface area contributed by atoms with E-state index in [9.17, 15) is 14.9 Å². The van der Waals surface area contributed by atoms with Crippen molar-refractivity contribution in [3.8, 4) is 0 Å². The van der Waals surface area contributed by atoms with Crippen LogP contribution in [-0.4, -0.2) is 27.2 Å². The van der Waals surface area contributed by atoms with Crippen LogP contribution in [0.3, 0.4) is 0 Å². The van der Waals surface area contributed by atoms with E-state index in [2.05, 4.69) is 33.0 Å². The third-order valence-corrected chi connectivity index (χ3v) is 3.52. The summed E-state index contributed by atoms with van der Waals surface area (Å²) in [6.07, 6.45) is 2.51. The number of carbonyl (C=O) groups is 1. The molecule has 1 heterocycles. The van der Waals surface area contributed by atoms with E-state index in [-0.39, 0.29) is 11.6 Å². The zero-order chi connectivity index (χ0) is 14.5. The maximum absolute atomic E-state index is 11.9. The number of hydrogen-bond donors (Lipinski definition) is 1. The molecular weight excluding hydrogens is 375 g/mol. The number of benzene rings is 1. The summed E-state index contributed by atoms with van der Waals surface area (Å²) in [6.45, 7) is 0.728. The van der Waals surface area contributed by atoms with E-state index in [1.807, 2.05) is 12.1 Å². The third-order valence-electron chi connectivity index (χ3n) is 2.58. The number of nitro groups is 1. The highest BCUT2D eigenvalue weighted by molar-refractivity contribution is 14.1. The minimum atomic E-state index is -0.506. The first-order valence-electron chi connectivity index (χ1n) is 5.77. The molecule has 0 radical (unpaired) electrons. The van der Waals surface area contributed by atoms with Gasteiger partial charge in [0.2, 0.25) is 0 Å². The minimum Gasteiger partial charge on any atom is -0.350 e. The number of aromatic nitrogens is 2. The number of halogens is 1. The molecule has 1 aromatic carbocycles. The number of rotatable bonds is 5. The van der Waals surface area contributed by atoms with Crippen LogP contribution in [0.1, 0.15) is 10.4 Å². The van der Waals surface area contributed by atoms with E-state index in [0.717, 1.165) is 3.57 Å². The largest absolute Gasteiger partial charge is 0.350 e. The highest BCUT2D eigenvalue weighted by Crippen LogP contribution is 2.11. The smallest absolute Gasteiger partial charge is 0.306 e. The molecule has 0 bridgehead atoms. The lowest BCUT2D eigenvalue weighted by molar-refractivity contribution is -0.385. The van der Waals surface area contributed by atoms with E-state index in [1.165, 1.54) is 17.1 Å². The molecule has 0 aliphatic carbocycles. The van der Waals surface area contributed by atoms with Crippen LogP contribution in [-0.2, 0) is 6.54 Å². The molecule has 7 nitrogen and oxygen atoms in total. The van der Waals surface area contributed by atoms with Crippen LogP contribution in [0.15, 0.2) is 36.7 Å². The summed E-state index contributed by atoms with van der Waals surface area (Å²) in [6, 6.07) is 7.26. The first kappa shape index (κ1) is 14.4. The van der Waals surface area contributed by atoms with Crippen molar-refractivity contribution in [1.82, 2.24) is 15.1 Å². The minimum absolute atomic E-state index is 0.0612. The second-order valence-corrected chi connectivity index (χ2v) is 5.12. The van der Waals surface area contributed by atoms with Gasteiger partial charge in [-0.1, -0.05) is 12.1 Å². The quantitative estimate of drug-likeness (QED) is 0.482. The molecule has 2 rings (SSSR count). The van der Waals surface area contributed by atoms with Crippen molar-refractivity contribution < 1.29 is 9.72 Å². The van der Waals surface area contributed by atoms with E-state index in [0.29, 0.717) is 18.7 Å². The lowest BCUT2D eigenvalue weighted by Gasteiger charge is -2.06. The van der Waals surface area contributed by atoms with Crippen LogP contribution in [0.4, 0.5) is 5.69 Å². The summed E-state index contributed by atoms with van der Waals surface area (Å²) in [5.74, 6) is -0.170. The van der Waals surface area contributed by atoms with Gasteiger partial charge in [-0.25, -0.2) is 0 Å². The molecule has 1 amide bonds. The Labute approximate surface area is 128 Å². The number of hydrogen-bond acceptors (Lipinski definition) is 4. The Morgan fingerprint density at radius 1 is 1.45 bits per heavy atom. The molecular formula is C12H11IN4O3. The second kappa shape index (κ2) is 6.46. The van der Waals surface area contributed by atoms with Gasteiger partial charge in [0, 0.05) is 10.1 Å². The van der Waals surface area contributed by atoms with Gasteiger partial charge in [0.05, 0.1) is 17.0 Å². The monoisotopic (exact) mass is 386 g/mol. The average molecular weight is 386 g/mol. The first-order chi connectivity index (χ1) is 9.58. The van der Waals surface area contributed by atoms with Crippen LogP contribution < -0.4 is 5.32 Å². The molecule has 2 aromatic rings. The van der Waals surface area contributed by atoms with Gasteiger partial charge in [0.25, 0.3) is 5.91 Å². The van der Waals surface area contributed by atoms with E-state index < -0.39 is 4.92 Å². The fraction of sp³-hybridized carbons (Fsp3) is 0.167. The molecule has 0 saturated heterocycles. The fourth-order valence-corrected chi connectivity index (χ4v) is 2.23. The zero-order valence-corrected chi connectivity index (χ0v) is 12.5. The highest BCUT2D eigenvalue weighted by Gasteiger charge is 2.10. The van der Waals surface area contributed by atoms with Crippen LogP contribution in [0.5, 0.6) is 0 Å². The maximum atomic E-state index is 11.9. The lowest BCUT2D eigenvalue weighted by Crippen LogP contribution is -2.27. The van der Waals surface area contributed by atoms with Crippen LogP contribution in [0.2, 0.25) is 0 Å². The van der Waals surface area contributed by atoms with E-state index >= 15 is 0 Å². The van der Waals surface area contributed by atoms with Crippen molar-refractivity contribution in [1.29, 1.82) is 0 Å². The first-order valence-corrected chi connectivity index (χ1v) is 6.85. The molecule has 0 spiro atoms. The average Bonchev–Trinajstić information content (AvgIpc) is 2.88. The van der Waals surface area contributed by atoms with Crippen molar-refractivity contribution in [2.45, 2.75) is 6.54 Å². The molecule has 8 heteroatoms. The molecule has 0 atom stereocenters. The Morgan fingerprint density at radius 2 is 2.20 bits per heavy atom. The summed E-state index contributed by atoms with van der Waals surface area (Å²) in [7, 11) is 0. The Balaban J connectivity index is 1.88. The Kier molecular flexibility index (Phi) is 4.66. The topological polar surface area (TPSA) is 90.1 Å². The van der Waals surface area contributed by atoms with Gasteiger partial charge in [0.1, 0.15) is 12.4 Å². The molecule has 1 aromatic heterocycles. The van der Waals surface area contributed by atoms with Gasteiger partial charge in [-0.3, -0.25) is 19.6 Å². The second-order valence-electron chi connectivity index (χ2n) is 3.95. The highest BCUT2D eigenvalue weighted by atomic mass is 127. The van der Waals surface area contributed by atoms with Gasteiger partial charge in [0.15, 0.2) is 0 Å². The summed E-state index contributed by atoms with van der Waals surface area (Å²) >= 11 is 2.10. The van der Waals surface area contributed by atoms with Crippen molar-refractivity contribution in [3.63, 3.8) is 0 Å². The molecule has 20 heavy (non-hydrogen) atoms. The van der Waals surface area contributed by atoms with Crippen molar-refractivity contribution in [3.05, 3.63) is 55.9 Å². The van der Waals surface area contributed by atoms with E-state index in [1.54, 1.807) is 12.1 Å². The van der Waals surface area contributed by atoms with Gasteiger partial charge < -0.3 is 5.32 Å². The third kappa shape index (κ3) is 3.53. The number of nitrogens with zero attached hydrogens (tertiary/aromatic N) is 3. The molecule has 0 fully saturated rings. The van der Waals surface area contributed by atoms with Gasteiger partial charge >= 0.3 is 5.69 Å². The lowest BCUT2D eigenvalue weighted by atomic mass is 10.2. The SMILES string of the molecule is O=C(NCCn1cc([N+](=O)[O-])cn1)c1ccccc1I. The fourth-order valence-electron chi connectivity index (χ4n) is 1.59. The molecule has 1 N–H and O–H groups in total.